The van der Waals surface area contributed by atoms with E-state index in [4.69, 9.17) is 14.2 Å². The molecule has 4 fully saturated rings. The van der Waals surface area contributed by atoms with Crippen LogP contribution in [0.25, 0.3) is 0 Å². The summed E-state index contributed by atoms with van der Waals surface area (Å²) in [5.41, 5.74) is 3.82. The molecule has 1 aromatic rings. The lowest BCUT2D eigenvalue weighted by Crippen LogP contribution is -2.68. The second-order valence-electron chi connectivity index (χ2n) is 9.46. The van der Waals surface area contributed by atoms with Crippen molar-refractivity contribution in [2.45, 2.75) is 49.3 Å². The number of fused-ring (bicyclic) bond motifs is 2. The standard InChI is InChI=1S/C23H26N2O4/c1-27-16-8-14-15(9-17(16)28-2)25-20(26)10-18-21-13-7-19-23(14,22(21)25)4-5-24(19)11-12(13)3-6-29-18/h8-9,11,13,18-19,21-22H,3-7,10H2,1-2H3/t13?,18-,19-,21?,22-,23+/m0/s1. The number of carbonyl (C=O) groups excluding carboxylic acids is 1. The lowest BCUT2D eigenvalue weighted by atomic mass is 9.54. The quantitative estimate of drug-likeness (QED) is 0.771. The van der Waals surface area contributed by atoms with Gasteiger partial charge in [0, 0.05) is 30.0 Å². The highest BCUT2D eigenvalue weighted by Crippen LogP contribution is 2.66. The summed E-state index contributed by atoms with van der Waals surface area (Å²) in [7, 11) is 3.36. The van der Waals surface area contributed by atoms with Crippen molar-refractivity contribution in [2.24, 2.45) is 11.8 Å². The van der Waals surface area contributed by atoms with Crippen LogP contribution in [0.4, 0.5) is 5.69 Å². The van der Waals surface area contributed by atoms with E-state index in [0.717, 1.165) is 37.4 Å². The minimum Gasteiger partial charge on any atom is -0.493 e. The van der Waals surface area contributed by atoms with Gasteiger partial charge in [-0.25, -0.2) is 0 Å². The van der Waals surface area contributed by atoms with Crippen molar-refractivity contribution in [1.29, 1.82) is 0 Å². The van der Waals surface area contributed by atoms with E-state index < -0.39 is 0 Å². The third-order valence-corrected chi connectivity index (χ3v) is 8.76. The van der Waals surface area contributed by atoms with Crippen molar-refractivity contribution in [3.05, 3.63) is 29.5 Å². The first-order chi connectivity index (χ1) is 14.2. The summed E-state index contributed by atoms with van der Waals surface area (Å²) in [6.07, 6.45) is 6.25. The van der Waals surface area contributed by atoms with Crippen LogP contribution in [0.2, 0.25) is 0 Å². The predicted octanol–water partition coefficient (Wildman–Crippen LogP) is 2.46. The molecule has 1 aliphatic carbocycles. The number of methoxy groups -OCH3 is 2. The number of benzene rings is 1. The number of piperidine rings is 1. The zero-order chi connectivity index (χ0) is 19.5. The summed E-state index contributed by atoms with van der Waals surface area (Å²) >= 11 is 0. The topological polar surface area (TPSA) is 51.2 Å². The number of rotatable bonds is 2. The zero-order valence-electron chi connectivity index (χ0n) is 16.9. The molecule has 5 aliphatic heterocycles. The second kappa shape index (κ2) is 5.28. The largest absolute Gasteiger partial charge is 0.493 e. The molecule has 6 aliphatic rings. The Hall–Kier alpha value is -2.21. The highest BCUT2D eigenvalue weighted by molar-refractivity contribution is 5.99. The molecule has 1 amide bonds. The summed E-state index contributed by atoms with van der Waals surface area (Å²) in [5.74, 6) is 2.57. The van der Waals surface area contributed by atoms with E-state index in [-0.39, 0.29) is 23.5 Å². The molecule has 1 spiro atoms. The van der Waals surface area contributed by atoms with Crippen LogP contribution in [0.5, 0.6) is 11.5 Å². The minimum atomic E-state index is -0.0416. The molecule has 5 heterocycles. The van der Waals surface area contributed by atoms with E-state index in [9.17, 15) is 4.79 Å². The van der Waals surface area contributed by atoms with Crippen molar-refractivity contribution >= 4 is 11.6 Å². The van der Waals surface area contributed by atoms with Crippen LogP contribution in [0.1, 0.15) is 31.2 Å². The van der Waals surface area contributed by atoms with Gasteiger partial charge >= 0.3 is 0 Å². The van der Waals surface area contributed by atoms with Crippen LogP contribution >= 0.6 is 0 Å². The average Bonchev–Trinajstić information content (AvgIpc) is 3.20. The van der Waals surface area contributed by atoms with E-state index in [2.05, 4.69) is 22.1 Å². The fraction of sp³-hybridized carbons (Fsp3) is 0.609. The second-order valence-corrected chi connectivity index (χ2v) is 9.46. The normalized spacial score (nSPS) is 40.4. The molecular weight excluding hydrogens is 368 g/mol. The van der Waals surface area contributed by atoms with Crippen LogP contribution < -0.4 is 14.4 Å². The Bertz CT molecular complexity index is 974. The number of hydrogen-bond donors (Lipinski definition) is 0. The average molecular weight is 394 g/mol. The van der Waals surface area contributed by atoms with Gasteiger partial charge < -0.3 is 24.0 Å². The maximum absolute atomic E-state index is 13.5. The van der Waals surface area contributed by atoms with Gasteiger partial charge in [0.25, 0.3) is 0 Å². The molecule has 0 aromatic heterocycles. The molecule has 1 saturated carbocycles. The van der Waals surface area contributed by atoms with Gasteiger partial charge in [-0.15, -0.1) is 0 Å². The molecule has 1 aromatic carbocycles. The van der Waals surface area contributed by atoms with Gasteiger partial charge in [0.1, 0.15) is 0 Å². The number of hydrogen-bond acceptors (Lipinski definition) is 5. The van der Waals surface area contributed by atoms with Crippen molar-refractivity contribution < 1.29 is 19.0 Å². The lowest BCUT2D eigenvalue weighted by Gasteiger charge is -2.57. The monoisotopic (exact) mass is 394 g/mol. The van der Waals surface area contributed by atoms with Crippen LogP contribution in [0, 0.1) is 11.8 Å². The molecule has 7 rings (SSSR count). The van der Waals surface area contributed by atoms with Gasteiger partial charge in [0.05, 0.1) is 45.1 Å². The van der Waals surface area contributed by atoms with Crippen molar-refractivity contribution in [2.75, 3.05) is 32.3 Å². The Morgan fingerprint density at radius 3 is 2.86 bits per heavy atom. The summed E-state index contributed by atoms with van der Waals surface area (Å²) in [6, 6.07) is 4.83. The summed E-state index contributed by atoms with van der Waals surface area (Å²) in [4.78, 5) is 18.2. The van der Waals surface area contributed by atoms with Crippen LogP contribution in [0.15, 0.2) is 23.9 Å². The highest BCUT2D eigenvalue weighted by Gasteiger charge is 2.70. The Balaban J connectivity index is 1.53. The van der Waals surface area contributed by atoms with E-state index >= 15 is 0 Å². The summed E-state index contributed by atoms with van der Waals surface area (Å²) in [6.45, 7) is 1.80. The molecule has 0 radical (unpaired) electrons. The zero-order valence-corrected chi connectivity index (χ0v) is 16.9. The summed E-state index contributed by atoms with van der Waals surface area (Å²) in [5, 5.41) is 0. The molecule has 29 heavy (non-hydrogen) atoms. The molecule has 3 saturated heterocycles. The minimum absolute atomic E-state index is 0.0416. The van der Waals surface area contributed by atoms with Gasteiger partial charge in [-0.1, -0.05) is 0 Å². The molecule has 6 nitrogen and oxygen atoms in total. The van der Waals surface area contributed by atoms with Gasteiger partial charge in [0.2, 0.25) is 5.91 Å². The number of carbonyl (C=O) groups is 1. The summed E-state index contributed by atoms with van der Waals surface area (Å²) < 4.78 is 17.6. The van der Waals surface area contributed by atoms with Gasteiger partial charge in [0.15, 0.2) is 11.5 Å². The Kier molecular flexibility index (Phi) is 3.02. The third kappa shape index (κ3) is 1.73. The van der Waals surface area contributed by atoms with Crippen LogP contribution in [0.3, 0.4) is 0 Å². The fourth-order valence-corrected chi connectivity index (χ4v) is 7.82. The van der Waals surface area contributed by atoms with Crippen LogP contribution in [-0.2, 0) is 14.9 Å². The third-order valence-electron chi connectivity index (χ3n) is 8.76. The molecule has 152 valence electrons. The maximum atomic E-state index is 13.5. The van der Waals surface area contributed by atoms with Gasteiger partial charge in [-0.3, -0.25) is 4.79 Å². The van der Waals surface area contributed by atoms with Gasteiger partial charge in [-0.2, -0.15) is 0 Å². The number of nitrogens with zero attached hydrogens (tertiary/aromatic N) is 2. The van der Waals surface area contributed by atoms with Gasteiger partial charge in [-0.05, 0) is 48.6 Å². The van der Waals surface area contributed by atoms with Crippen LogP contribution in [-0.4, -0.2) is 56.4 Å². The molecular formula is C23H26N2O4. The Labute approximate surface area is 170 Å². The maximum Gasteiger partial charge on any atom is 0.229 e. The predicted molar refractivity (Wildman–Crippen MR) is 106 cm³/mol. The van der Waals surface area contributed by atoms with Crippen molar-refractivity contribution in [3.63, 3.8) is 0 Å². The number of amides is 1. The molecule has 2 unspecified atom stereocenters. The first-order valence-electron chi connectivity index (χ1n) is 10.8. The lowest BCUT2D eigenvalue weighted by molar-refractivity contribution is -0.131. The number of anilines is 1. The Morgan fingerprint density at radius 1 is 1.21 bits per heavy atom. The van der Waals surface area contributed by atoms with E-state index in [0.29, 0.717) is 30.0 Å². The molecule has 2 bridgehead atoms. The fourth-order valence-electron chi connectivity index (χ4n) is 7.82. The van der Waals surface area contributed by atoms with Crippen molar-refractivity contribution in [3.8, 4) is 11.5 Å². The first kappa shape index (κ1) is 16.6. The Morgan fingerprint density at radius 2 is 2.03 bits per heavy atom. The SMILES string of the molecule is COc1cc2c(cc1OC)[C@@]13CCN4C=C5CCO[C@H]6CC(=O)N2[C@H]1C6C5C[C@H]43. The smallest absolute Gasteiger partial charge is 0.229 e. The van der Waals surface area contributed by atoms with Crippen molar-refractivity contribution in [1.82, 2.24) is 4.90 Å². The van der Waals surface area contributed by atoms with E-state index in [1.165, 1.54) is 12.0 Å². The number of ether oxygens (including phenoxy) is 3. The molecule has 6 heteroatoms. The first-order valence-corrected chi connectivity index (χ1v) is 10.8. The van der Waals surface area contributed by atoms with E-state index in [1.807, 2.05) is 6.07 Å². The highest BCUT2D eigenvalue weighted by atomic mass is 16.5. The molecule has 0 N–H and O–H groups in total. The van der Waals surface area contributed by atoms with E-state index in [1.54, 1.807) is 19.8 Å². The molecule has 6 atom stereocenters.